The maximum Gasteiger partial charge on any atom is 0.255 e. The van der Waals surface area contributed by atoms with Gasteiger partial charge in [0.1, 0.15) is 17.2 Å². The molecule has 1 aliphatic rings. The minimum atomic E-state index is -0.894. The molecule has 0 unspecified atom stereocenters. The predicted octanol–water partition coefficient (Wildman–Crippen LogP) is 1.43. The van der Waals surface area contributed by atoms with Crippen molar-refractivity contribution in [1.29, 1.82) is 0 Å². The van der Waals surface area contributed by atoms with Crippen LogP contribution in [0.1, 0.15) is 28.0 Å². The molecular formula is C23H22FN6O3SSi. The Balaban J connectivity index is 1.80. The maximum atomic E-state index is 14.6. The molecule has 179 valence electrons. The highest BCUT2D eigenvalue weighted by Gasteiger charge is 2.46. The van der Waals surface area contributed by atoms with Crippen LogP contribution in [0.5, 0.6) is 0 Å². The van der Waals surface area contributed by atoms with E-state index in [1.54, 1.807) is 35.3 Å². The molecular weight excluding hydrogens is 487 g/mol. The Bertz CT molecular complexity index is 1390. The van der Waals surface area contributed by atoms with Gasteiger partial charge in [-0.2, -0.15) is 5.10 Å². The summed E-state index contributed by atoms with van der Waals surface area (Å²) in [7, 11) is 6.97. The Labute approximate surface area is 208 Å². The first-order valence-corrected chi connectivity index (χ1v) is 11.9. The van der Waals surface area contributed by atoms with E-state index >= 15 is 0 Å². The number of hydrogen-bond acceptors (Lipinski definition) is 7. The first kappa shape index (κ1) is 24.6. The van der Waals surface area contributed by atoms with Crippen LogP contribution < -0.4 is 11.1 Å². The second kappa shape index (κ2) is 9.61. The molecule has 1 fully saturated rings. The number of primary amides is 1. The highest BCUT2D eigenvalue weighted by atomic mass is 32.1. The number of likely N-dealkylation sites (tertiary alicyclic amines) is 1. The zero-order valence-electron chi connectivity index (χ0n) is 19.1. The third-order valence-corrected chi connectivity index (χ3v) is 7.14. The number of halogens is 1. The van der Waals surface area contributed by atoms with Crippen LogP contribution in [0.3, 0.4) is 0 Å². The SMILES string of the molecule is C=CC(=O)N1C[C@@]([Si])(n2nc(C#Cc3cc4ncsc4cc3F)c(C(N)=O)c2NC)C[C@@H]1COC. The number of carbonyl (C=O) groups excluding carboxylic acids is 2. The number of benzene rings is 1. The first-order valence-electron chi connectivity index (χ1n) is 10.5. The molecule has 35 heavy (non-hydrogen) atoms. The number of anilines is 1. The fourth-order valence-corrected chi connectivity index (χ4v) is 5.48. The monoisotopic (exact) mass is 509 g/mol. The molecule has 12 heteroatoms. The smallest absolute Gasteiger partial charge is 0.255 e. The number of thiazole rings is 1. The summed E-state index contributed by atoms with van der Waals surface area (Å²) in [5, 5.41) is 6.63. The molecule has 1 saturated heterocycles. The lowest BCUT2D eigenvalue weighted by Gasteiger charge is -2.27. The number of rotatable bonds is 6. The van der Waals surface area contributed by atoms with Gasteiger partial charge in [-0.3, -0.25) is 9.59 Å². The van der Waals surface area contributed by atoms with Gasteiger partial charge in [0.15, 0.2) is 5.69 Å². The molecule has 3 heterocycles. The number of nitrogens with zero attached hydrogens (tertiary/aromatic N) is 4. The van der Waals surface area contributed by atoms with Crippen molar-refractivity contribution in [2.75, 3.05) is 32.6 Å². The Kier molecular flexibility index (Phi) is 6.75. The number of fused-ring (bicyclic) bond motifs is 1. The average Bonchev–Trinajstić information content (AvgIpc) is 3.52. The van der Waals surface area contributed by atoms with Crippen molar-refractivity contribution >= 4 is 49.4 Å². The molecule has 2 atom stereocenters. The number of nitrogens with one attached hydrogen (secondary N) is 1. The minimum absolute atomic E-state index is 0.0598. The normalized spacial score (nSPS) is 19.4. The second-order valence-corrected chi connectivity index (χ2v) is 9.83. The second-order valence-electron chi connectivity index (χ2n) is 8.02. The van der Waals surface area contributed by atoms with Gasteiger partial charge in [0.2, 0.25) is 5.91 Å². The van der Waals surface area contributed by atoms with Gasteiger partial charge in [-0.25, -0.2) is 14.1 Å². The van der Waals surface area contributed by atoms with E-state index in [0.29, 0.717) is 29.1 Å². The van der Waals surface area contributed by atoms with Crippen LogP contribution in [-0.2, 0) is 14.7 Å². The van der Waals surface area contributed by atoms with E-state index in [4.69, 9.17) is 10.5 Å². The number of amides is 2. The molecule has 3 N–H and O–H groups in total. The summed E-state index contributed by atoms with van der Waals surface area (Å²) in [6.45, 7) is 4.10. The van der Waals surface area contributed by atoms with Gasteiger partial charge in [-0.05, 0) is 30.6 Å². The number of methoxy groups -OCH3 is 1. The zero-order valence-corrected chi connectivity index (χ0v) is 20.9. The number of nitrogens with two attached hydrogens (primary N) is 1. The highest BCUT2D eigenvalue weighted by Crippen LogP contribution is 2.35. The van der Waals surface area contributed by atoms with Crippen molar-refractivity contribution in [3.05, 3.63) is 52.9 Å². The molecule has 3 aromatic rings. The summed E-state index contributed by atoms with van der Waals surface area (Å²) < 4.78 is 22.1. The van der Waals surface area contributed by atoms with Crippen molar-refractivity contribution in [2.24, 2.45) is 5.73 Å². The van der Waals surface area contributed by atoms with E-state index < -0.39 is 16.9 Å². The van der Waals surface area contributed by atoms with Gasteiger partial charge in [0.05, 0.1) is 49.3 Å². The molecule has 1 aliphatic heterocycles. The van der Waals surface area contributed by atoms with Crippen LogP contribution in [0, 0.1) is 17.7 Å². The Morgan fingerprint density at radius 2 is 2.26 bits per heavy atom. The van der Waals surface area contributed by atoms with E-state index in [2.05, 4.69) is 44.1 Å². The van der Waals surface area contributed by atoms with Gasteiger partial charge >= 0.3 is 0 Å². The van der Waals surface area contributed by atoms with Crippen LogP contribution in [0.2, 0.25) is 0 Å². The molecule has 9 nitrogen and oxygen atoms in total. The number of carbonyl (C=O) groups is 2. The first-order chi connectivity index (χ1) is 16.7. The quantitative estimate of drug-likeness (QED) is 0.295. The number of ether oxygens (including phenoxy) is 1. The van der Waals surface area contributed by atoms with Crippen LogP contribution in [0.15, 0.2) is 30.3 Å². The molecule has 0 bridgehead atoms. The Hall–Kier alpha value is -3.53. The summed E-state index contributed by atoms with van der Waals surface area (Å²) >= 11 is 1.33. The van der Waals surface area contributed by atoms with E-state index in [1.807, 2.05) is 0 Å². The van der Waals surface area contributed by atoms with Crippen LogP contribution in [-0.4, -0.2) is 75.1 Å². The molecule has 0 aliphatic carbocycles. The topological polar surface area (TPSA) is 115 Å². The van der Waals surface area contributed by atoms with Gasteiger partial charge in [-0.15, -0.1) is 11.3 Å². The summed E-state index contributed by atoms with van der Waals surface area (Å²) in [4.78, 5) is 30.7. The van der Waals surface area contributed by atoms with E-state index in [1.165, 1.54) is 23.5 Å². The third kappa shape index (κ3) is 4.45. The Morgan fingerprint density at radius 3 is 2.91 bits per heavy atom. The zero-order chi connectivity index (χ0) is 25.3. The molecule has 2 amide bonds. The largest absolute Gasteiger partial charge is 0.383 e. The van der Waals surface area contributed by atoms with Crippen molar-refractivity contribution in [3.63, 3.8) is 0 Å². The fourth-order valence-electron chi connectivity index (χ4n) is 4.23. The standard InChI is InChI=1S/C23H22FN6O3SSi/c1-4-19(31)29-11-23(35,9-14(29)10-33-3)30-22(26-2)20(21(25)32)16(28-30)6-5-13-7-17-18(8-15(13)24)34-12-27-17/h4,7-8,12,14,26H,1,9-11H2,2-3H3,(H2,25,32)/t14-,23-/m1/s1. The minimum Gasteiger partial charge on any atom is -0.383 e. The molecule has 2 aromatic heterocycles. The van der Waals surface area contributed by atoms with Crippen molar-refractivity contribution < 1.29 is 18.7 Å². The summed E-state index contributed by atoms with van der Waals surface area (Å²) in [5.41, 5.74) is 8.19. The molecule has 1 aromatic carbocycles. The summed E-state index contributed by atoms with van der Waals surface area (Å²) in [6.07, 6.45) is 1.66. The lowest BCUT2D eigenvalue weighted by atomic mass is 10.1. The average molecular weight is 510 g/mol. The van der Waals surface area contributed by atoms with Gasteiger partial charge in [0, 0.05) is 20.7 Å². The molecule has 0 spiro atoms. The highest BCUT2D eigenvalue weighted by molar-refractivity contribution is 7.16. The van der Waals surface area contributed by atoms with Crippen LogP contribution in [0.4, 0.5) is 10.2 Å². The van der Waals surface area contributed by atoms with Crippen molar-refractivity contribution in [2.45, 2.75) is 17.6 Å². The summed E-state index contributed by atoms with van der Waals surface area (Å²) in [5.74, 6) is 4.36. The number of hydrogen-bond donors (Lipinski definition) is 2. The summed E-state index contributed by atoms with van der Waals surface area (Å²) in [6, 6.07) is 2.66. The van der Waals surface area contributed by atoms with Gasteiger partial charge < -0.3 is 20.7 Å². The Morgan fingerprint density at radius 1 is 1.49 bits per heavy atom. The van der Waals surface area contributed by atoms with Crippen LogP contribution in [0.25, 0.3) is 10.2 Å². The van der Waals surface area contributed by atoms with Crippen LogP contribution >= 0.6 is 11.3 Å². The lowest BCUT2D eigenvalue weighted by Crippen LogP contribution is -2.41. The molecule has 3 radical (unpaired) electrons. The van der Waals surface area contributed by atoms with Crippen molar-refractivity contribution in [1.82, 2.24) is 19.7 Å². The van der Waals surface area contributed by atoms with E-state index in [-0.39, 0.29) is 35.3 Å². The molecule has 0 saturated carbocycles. The maximum absolute atomic E-state index is 14.6. The van der Waals surface area contributed by atoms with Gasteiger partial charge in [-0.1, -0.05) is 12.5 Å². The van der Waals surface area contributed by atoms with Gasteiger partial charge in [0.25, 0.3) is 5.91 Å². The van der Waals surface area contributed by atoms with Crippen molar-refractivity contribution in [3.8, 4) is 11.8 Å². The number of aromatic nitrogens is 3. The lowest BCUT2D eigenvalue weighted by molar-refractivity contribution is -0.127. The molecule has 4 rings (SSSR count). The fraction of sp³-hybridized carbons (Fsp3) is 0.304. The third-order valence-electron chi connectivity index (χ3n) is 5.77. The van der Waals surface area contributed by atoms with E-state index in [9.17, 15) is 14.0 Å². The predicted molar refractivity (Wildman–Crippen MR) is 132 cm³/mol. The van der Waals surface area contributed by atoms with E-state index in [0.717, 1.165) is 0 Å².